The Balaban J connectivity index is 2.87. The van der Waals surface area contributed by atoms with Gasteiger partial charge in [0.15, 0.2) is 6.10 Å². The molecule has 1 aromatic carbocycles. The smallest absolute Gasteiger partial charge is 0.263 e. The van der Waals surface area contributed by atoms with Gasteiger partial charge in [0.2, 0.25) is 0 Å². The Morgan fingerprint density at radius 3 is 2.58 bits per heavy atom. The average molecular weight is 286 g/mol. The quantitative estimate of drug-likeness (QED) is 0.873. The minimum Gasteiger partial charge on any atom is -0.479 e. The van der Waals surface area contributed by atoms with Gasteiger partial charge >= 0.3 is 0 Å². The van der Waals surface area contributed by atoms with E-state index in [1.54, 1.807) is 30.0 Å². The number of nitrogens with zero attached hydrogens (tertiary/aromatic N) is 1. The second-order valence-corrected chi connectivity index (χ2v) is 4.56. The highest BCUT2D eigenvalue weighted by atomic mass is 35.5. The van der Waals surface area contributed by atoms with Crippen LogP contribution in [0.2, 0.25) is 5.02 Å². The van der Waals surface area contributed by atoms with Crippen LogP contribution in [0.15, 0.2) is 18.2 Å². The van der Waals surface area contributed by atoms with Gasteiger partial charge in [0.25, 0.3) is 5.91 Å². The third-order valence-corrected chi connectivity index (χ3v) is 3.23. The monoisotopic (exact) mass is 285 g/mol. The minimum absolute atomic E-state index is 0.0891. The van der Waals surface area contributed by atoms with Crippen molar-refractivity contribution in [2.24, 2.45) is 0 Å². The second kappa shape index (κ2) is 7.36. The highest BCUT2D eigenvalue weighted by Gasteiger charge is 2.21. The van der Waals surface area contributed by atoms with Crippen LogP contribution in [0.5, 0.6) is 5.75 Å². The van der Waals surface area contributed by atoms with E-state index in [9.17, 15) is 9.90 Å². The summed E-state index contributed by atoms with van der Waals surface area (Å²) in [5, 5.41) is 9.66. The molecule has 0 aromatic heterocycles. The van der Waals surface area contributed by atoms with E-state index in [-0.39, 0.29) is 12.5 Å². The van der Waals surface area contributed by atoms with E-state index in [0.717, 1.165) is 0 Å². The van der Waals surface area contributed by atoms with Crippen LogP contribution < -0.4 is 4.74 Å². The number of amides is 1. The number of para-hydroxylation sites is 1. The average Bonchev–Trinajstić information content (AvgIpc) is 2.42. The van der Waals surface area contributed by atoms with Crippen LogP contribution in [0.25, 0.3) is 0 Å². The summed E-state index contributed by atoms with van der Waals surface area (Å²) in [4.78, 5) is 13.8. The summed E-state index contributed by atoms with van der Waals surface area (Å²) in [6.07, 6.45) is -0.634. The van der Waals surface area contributed by atoms with Crippen molar-refractivity contribution in [3.8, 4) is 5.75 Å². The van der Waals surface area contributed by atoms with Crippen molar-refractivity contribution in [3.05, 3.63) is 28.8 Å². The predicted molar refractivity (Wildman–Crippen MR) is 75.4 cm³/mol. The molecule has 0 bridgehead atoms. The SMILES string of the molecule is CCN(CC)C(=O)C(C)Oc1c(Cl)cccc1CO. The van der Waals surface area contributed by atoms with Crippen LogP contribution in [0.3, 0.4) is 0 Å². The molecule has 1 amide bonds. The first kappa shape index (κ1) is 15.8. The number of carbonyl (C=O) groups excluding carboxylic acids is 1. The molecular formula is C14H20ClNO3. The summed E-state index contributed by atoms with van der Waals surface area (Å²) >= 11 is 6.04. The summed E-state index contributed by atoms with van der Waals surface area (Å²) in [7, 11) is 0. The molecule has 19 heavy (non-hydrogen) atoms. The fourth-order valence-corrected chi connectivity index (χ4v) is 2.07. The molecule has 0 spiro atoms. The van der Waals surface area contributed by atoms with Crippen molar-refractivity contribution in [2.75, 3.05) is 13.1 Å². The molecule has 0 fully saturated rings. The lowest BCUT2D eigenvalue weighted by Crippen LogP contribution is -2.40. The topological polar surface area (TPSA) is 49.8 Å². The molecule has 1 rings (SSSR count). The number of hydrogen-bond acceptors (Lipinski definition) is 3. The van der Waals surface area contributed by atoms with Crippen molar-refractivity contribution in [1.82, 2.24) is 4.90 Å². The molecule has 4 nitrogen and oxygen atoms in total. The van der Waals surface area contributed by atoms with Gasteiger partial charge in [-0.2, -0.15) is 0 Å². The molecule has 0 saturated heterocycles. The predicted octanol–water partition coefficient (Wildman–Crippen LogP) is 2.47. The third-order valence-electron chi connectivity index (χ3n) is 2.94. The number of halogens is 1. The van der Waals surface area contributed by atoms with Crippen LogP contribution in [0.4, 0.5) is 0 Å². The lowest BCUT2D eigenvalue weighted by atomic mass is 10.2. The van der Waals surface area contributed by atoms with E-state index < -0.39 is 6.10 Å². The van der Waals surface area contributed by atoms with Gasteiger partial charge in [0.1, 0.15) is 5.75 Å². The van der Waals surface area contributed by atoms with Gasteiger partial charge in [-0.1, -0.05) is 23.7 Å². The van der Waals surface area contributed by atoms with E-state index in [1.165, 1.54) is 0 Å². The molecule has 0 saturated carbocycles. The molecule has 1 aromatic rings. The maximum absolute atomic E-state index is 12.1. The van der Waals surface area contributed by atoms with Crippen LogP contribution in [-0.2, 0) is 11.4 Å². The molecule has 0 heterocycles. The summed E-state index contributed by atoms with van der Waals surface area (Å²) in [6, 6.07) is 5.12. The van der Waals surface area contributed by atoms with Crippen molar-refractivity contribution in [1.29, 1.82) is 0 Å². The highest BCUT2D eigenvalue weighted by molar-refractivity contribution is 6.32. The van der Waals surface area contributed by atoms with Crippen LogP contribution in [0.1, 0.15) is 26.3 Å². The summed E-state index contributed by atoms with van der Waals surface area (Å²) in [5.41, 5.74) is 0.576. The maximum atomic E-state index is 12.1. The van der Waals surface area contributed by atoms with E-state index in [4.69, 9.17) is 16.3 Å². The molecule has 0 aliphatic carbocycles. The maximum Gasteiger partial charge on any atom is 0.263 e. The van der Waals surface area contributed by atoms with Gasteiger partial charge in [0, 0.05) is 18.7 Å². The highest BCUT2D eigenvalue weighted by Crippen LogP contribution is 2.29. The van der Waals surface area contributed by atoms with E-state index in [1.807, 2.05) is 13.8 Å². The van der Waals surface area contributed by atoms with Gasteiger partial charge < -0.3 is 14.7 Å². The summed E-state index contributed by atoms with van der Waals surface area (Å²) < 4.78 is 5.63. The molecule has 1 N–H and O–H groups in total. The van der Waals surface area contributed by atoms with Crippen LogP contribution >= 0.6 is 11.6 Å². The van der Waals surface area contributed by atoms with E-state index in [2.05, 4.69) is 0 Å². The molecule has 0 aliphatic heterocycles. The fourth-order valence-electron chi connectivity index (χ4n) is 1.83. The summed E-state index contributed by atoms with van der Waals surface area (Å²) in [5.74, 6) is 0.286. The van der Waals surface area contributed by atoms with Crippen molar-refractivity contribution >= 4 is 17.5 Å². The lowest BCUT2D eigenvalue weighted by Gasteiger charge is -2.24. The molecular weight excluding hydrogens is 266 g/mol. The Hall–Kier alpha value is -1.26. The first-order valence-electron chi connectivity index (χ1n) is 6.38. The number of aliphatic hydroxyl groups excluding tert-OH is 1. The Morgan fingerprint density at radius 2 is 2.05 bits per heavy atom. The Kier molecular flexibility index (Phi) is 6.12. The number of ether oxygens (including phenoxy) is 1. The molecule has 5 heteroatoms. The fraction of sp³-hybridized carbons (Fsp3) is 0.500. The first-order chi connectivity index (χ1) is 9.04. The largest absolute Gasteiger partial charge is 0.479 e. The van der Waals surface area contributed by atoms with Gasteiger partial charge in [-0.15, -0.1) is 0 Å². The second-order valence-electron chi connectivity index (χ2n) is 4.16. The number of aliphatic hydroxyl groups is 1. The Labute approximate surface area is 118 Å². The number of benzene rings is 1. The third kappa shape index (κ3) is 3.85. The van der Waals surface area contributed by atoms with Crippen molar-refractivity contribution < 1.29 is 14.6 Å². The Bertz CT molecular complexity index is 433. The summed E-state index contributed by atoms with van der Waals surface area (Å²) in [6.45, 7) is 6.62. The minimum atomic E-state index is -0.634. The molecule has 1 atom stereocenters. The van der Waals surface area contributed by atoms with Crippen molar-refractivity contribution in [2.45, 2.75) is 33.5 Å². The number of likely N-dealkylation sites (N-methyl/N-ethyl adjacent to an activating group) is 1. The zero-order valence-electron chi connectivity index (χ0n) is 11.5. The number of carbonyl (C=O) groups is 1. The normalized spacial score (nSPS) is 12.1. The molecule has 0 radical (unpaired) electrons. The van der Waals surface area contributed by atoms with Gasteiger partial charge in [-0.05, 0) is 26.8 Å². The lowest BCUT2D eigenvalue weighted by molar-refractivity contribution is -0.137. The molecule has 106 valence electrons. The van der Waals surface area contributed by atoms with E-state index >= 15 is 0 Å². The first-order valence-corrected chi connectivity index (χ1v) is 6.76. The zero-order chi connectivity index (χ0) is 14.4. The van der Waals surface area contributed by atoms with E-state index in [0.29, 0.717) is 29.4 Å². The zero-order valence-corrected chi connectivity index (χ0v) is 12.3. The van der Waals surface area contributed by atoms with Gasteiger partial charge in [-0.25, -0.2) is 0 Å². The Morgan fingerprint density at radius 1 is 1.42 bits per heavy atom. The standard InChI is InChI=1S/C14H20ClNO3/c1-4-16(5-2)14(18)10(3)19-13-11(9-17)7-6-8-12(13)15/h6-8,10,17H,4-5,9H2,1-3H3. The number of hydrogen-bond donors (Lipinski definition) is 1. The molecule has 1 unspecified atom stereocenters. The van der Waals surface area contributed by atoms with Gasteiger partial charge in [0.05, 0.1) is 11.6 Å². The molecule has 0 aliphatic rings. The van der Waals surface area contributed by atoms with Gasteiger partial charge in [-0.3, -0.25) is 4.79 Å². The van der Waals surface area contributed by atoms with Crippen LogP contribution in [-0.4, -0.2) is 35.1 Å². The van der Waals surface area contributed by atoms with Crippen molar-refractivity contribution in [3.63, 3.8) is 0 Å². The van der Waals surface area contributed by atoms with Crippen LogP contribution in [0, 0.1) is 0 Å². The number of rotatable bonds is 6.